The van der Waals surface area contributed by atoms with Gasteiger partial charge in [0, 0.05) is 57.9 Å². The van der Waals surface area contributed by atoms with Gasteiger partial charge in [-0.2, -0.15) is 4.31 Å². The number of non-ortho nitro benzene ring substituents is 1. The molecule has 11 nitrogen and oxygen atoms in total. The van der Waals surface area contributed by atoms with Gasteiger partial charge >= 0.3 is 6.09 Å². The molecule has 0 bridgehead atoms. The Balaban J connectivity index is 1.74. The van der Waals surface area contributed by atoms with Crippen molar-refractivity contribution < 1.29 is 23.2 Å². The van der Waals surface area contributed by atoms with Crippen LogP contribution in [0.3, 0.4) is 0 Å². The van der Waals surface area contributed by atoms with Crippen molar-refractivity contribution in [3.8, 4) is 0 Å². The summed E-state index contributed by atoms with van der Waals surface area (Å²) in [5.74, 6) is 0. The molecule has 2 fully saturated rings. The molecule has 28 heavy (non-hydrogen) atoms. The fourth-order valence-electron chi connectivity index (χ4n) is 3.42. The van der Waals surface area contributed by atoms with Crippen molar-refractivity contribution in [2.45, 2.75) is 11.1 Å². The van der Waals surface area contributed by atoms with Gasteiger partial charge in [-0.05, 0) is 6.07 Å². The van der Waals surface area contributed by atoms with E-state index in [0.29, 0.717) is 32.7 Å². The summed E-state index contributed by atoms with van der Waals surface area (Å²) in [4.78, 5) is 24.7. The zero-order valence-corrected chi connectivity index (χ0v) is 16.4. The molecular formula is C15H20ClN5O6S. The second-order valence-corrected chi connectivity index (χ2v) is 8.79. The highest BCUT2D eigenvalue weighted by molar-refractivity contribution is 7.89. The smallest absolute Gasteiger partial charge is 0.408 e. The second kappa shape index (κ2) is 8.17. The lowest BCUT2D eigenvalue weighted by atomic mass is 10.2. The van der Waals surface area contributed by atoms with Gasteiger partial charge in [-0.15, -0.1) is 0 Å². The fourth-order valence-corrected chi connectivity index (χ4v) is 5.34. The van der Waals surface area contributed by atoms with E-state index in [4.69, 9.17) is 11.6 Å². The number of halogens is 1. The molecule has 3 rings (SSSR count). The van der Waals surface area contributed by atoms with Crippen LogP contribution in [0.1, 0.15) is 0 Å². The predicted octanol–water partition coefficient (Wildman–Crippen LogP) is 0.464. The molecule has 2 aliphatic rings. The number of rotatable bonds is 4. The minimum absolute atomic E-state index is 0.0819. The highest BCUT2D eigenvalue weighted by Crippen LogP contribution is 2.29. The minimum atomic E-state index is -4.01. The van der Waals surface area contributed by atoms with Crippen LogP contribution >= 0.6 is 11.6 Å². The van der Waals surface area contributed by atoms with Crippen LogP contribution in [0.4, 0.5) is 10.5 Å². The molecule has 13 heteroatoms. The number of hydrogen-bond donors (Lipinski definition) is 2. The van der Waals surface area contributed by atoms with Crippen molar-refractivity contribution >= 4 is 33.4 Å². The van der Waals surface area contributed by atoms with Crippen LogP contribution in [0.2, 0.25) is 5.02 Å². The van der Waals surface area contributed by atoms with Crippen LogP contribution in [0.25, 0.3) is 0 Å². The van der Waals surface area contributed by atoms with Gasteiger partial charge in [-0.1, -0.05) is 11.6 Å². The lowest BCUT2D eigenvalue weighted by molar-refractivity contribution is -0.385. The van der Waals surface area contributed by atoms with E-state index in [2.05, 4.69) is 5.32 Å². The summed E-state index contributed by atoms with van der Waals surface area (Å²) < 4.78 is 27.1. The van der Waals surface area contributed by atoms with E-state index in [0.717, 1.165) is 12.1 Å². The molecule has 0 saturated carbocycles. The van der Waals surface area contributed by atoms with E-state index >= 15 is 0 Å². The molecule has 0 aliphatic carbocycles. The summed E-state index contributed by atoms with van der Waals surface area (Å²) in [6, 6.07) is 3.30. The maximum absolute atomic E-state index is 12.9. The third kappa shape index (κ3) is 4.05. The number of benzene rings is 1. The van der Waals surface area contributed by atoms with Crippen LogP contribution in [0.5, 0.6) is 0 Å². The predicted molar refractivity (Wildman–Crippen MR) is 99.8 cm³/mol. The molecule has 2 heterocycles. The summed E-state index contributed by atoms with van der Waals surface area (Å²) in [6.07, 6.45) is -1.37. The van der Waals surface area contributed by atoms with Gasteiger partial charge in [-0.25, -0.2) is 13.2 Å². The maximum atomic E-state index is 12.9. The SMILES string of the molecule is O=C(O)N1CCNCC1N1CCN(S(=O)(=O)c2cc([N+](=O)[O-])ccc2Cl)CC1. The maximum Gasteiger partial charge on any atom is 0.408 e. The van der Waals surface area contributed by atoms with Gasteiger partial charge in [0.15, 0.2) is 0 Å². The summed E-state index contributed by atoms with van der Waals surface area (Å²) in [7, 11) is -4.01. The number of nitro benzene ring substituents is 1. The van der Waals surface area contributed by atoms with Crippen molar-refractivity contribution in [1.82, 2.24) is 19.4 Å². The summed E-state index contributed by atoms with van der Waals surface area (Å²) in [6.45, 7) is 2.33. The van der Waals surface area contributed by atoms with Gasteiger partial charge < -0.3 is 10.4 Å². The molecule has 2 aliphatic heterocycles. The summed E-state index contributed by atoms with van der Waals surface area (Å²) >= 11 is 5.99. The third-order valence-electron chi connectivity index (χ3n) is 4.90. The molecule has 2 saturated heterocycles. The number of hydrogen-bond acceptors (Lipinski definition) is 7. The van der Waals surface area contributed by atoms with E-state index in [1.165, 1.54) is 15.3 Å². The van der Waals surface area contributed by atoms with E-state index in [-0.39, 0.29) is 34.9 Å². The molecule has 0 aromatic heterocycles. The molecule has 0 radical (unpaired) electrons. The van der Waals surface area contributed by atoms with Gasteiger partial charge in [0.1, 0.15) is 11.1 Å². The highest BCUT2D eigenvalue weighted by Gasteiger charge is 2.36. The third-order valence-corrected chi connectivity index (χ3v) is 7.28. The number of sulfonamides is 1. The van der Waals surface area contributed by atoms with E-state index in [9.17, 15) is 28.4 Å². The number of carbonyl (C=O) groups is 1. The monoisotopic (exact) mass is 433 g/mol. The first-order valence-corrected chi connectivity index (χ1v) is 10.4. The van der Waals surface area contributed by atoms with Crippen molar-refractivity contribution in [3.05, 3.63) is 33.3 Å². The van der Waals surface area contributed by atoms with Crippen LogP contribution in [-0.2, 0) is 10.0 Å². The molecule has 2 N–H and O–H groups in total. The Morgan fingerprint density at radius 3 is 2.54 bits per heavy atom. The lowest BCUT2D eigenvalue weighted by Crippen LogP contribution is -2.64. The first kappa shape index (κ1) is 20.7. The number of nitro groups is 1. The van der Waals surface area contributed by atoms with Gasteiger partial charge in [0.2, 0.25) is 10.0 Å². The number of piperazine rings is 2. The molecule has 1 amide bonds. The molecule has 1 unspecified atom stereocenters. The zero-order chi connectivity index (χ0) is 20.5. The average Bonchev–Trinajstić information content (AvgIpc) is 2.68. The number of nitrogens with zero attached hydrogens (tertiary/aromatic N) is 4. The normalized spacial score (nSPS) is 22.2. The first-order valence-electron chi connectivity index (χ1n) is 8.60. The first-order chi connectivity index (χ1) is 13.2. The van der Waals surface area contributed by atoms with Gasteiger partial charge in [0.25, 0.3) is 5.69 Å². The fraction of sp³-hybridized carbons (Fsp3) is 0.533. The molecule has 1 atom stereocenters. The number of nitrogens with one attached hydrogen (secondary N) is 1. The van der Waals surface area contributed by atoms with Gasteiger partial charge in [-0.3, -0.25) is 19.9 Å². The second-order valence-electron chi connectivity index (χ2n) is 6.47. The number of carboxylic acid groups (broad SMARTS) is 1. The number of amides is 1. The molecule has 1 aromatic rings. The molecule has 0 spiro atoms. The van der Waals surface area contributed by atoms with Gasteiger partial charge in [0.05, 0.1) is 9.95 Å². The Bertz CT molecular complexity index is 874. The standard InChI is InChI=1S/C15H20ClN5O6S/c16-12-2-1-11(21(24)25)9-13(12)28(26,27)19-7-5-18(6-8-19)14-10-17-3-4-20(14)15(22)23/h1-2,9,14,17H,3-8,10H2,(H,22,23). The van der Waals surface area contributed by atoms with E-state index < -0.39 is 21.0 Å². The Hall–Kier alpha value is -1.99. The summed E-state index contributed by atoms with van der Waals surface area (Å²) in [5.41, 5.74) is -0.355. The quantitative estimate of drug-likeness (QED) is 0.516. The highest BCUT2D eigenvalue weighted by atomic mass is 35.5. The zero-order valence-electron chi connectivity index (χ0n) is 14.8. The van der Waals surface area contributed by atoms with E-state index in [1.807, 2.05) is 4.90 Å². The van der Waals surface area contributed by atoms with Crippen LogP contribution in [0.15, 0.2) is 23.1 Å². The topological polar surface area (TPSA) is 136 Å². The van der Waals surface area contributed by atoms with E-state index in [1.54, 1.807) is 0 Å². The van der Waals surface area contributed by atoms with Crippen molar-refractivity contribution in [3.63, 3.8) is 0 Å². The Labute approximate surface area is 166 Å². The van der Waals surface area contributed by atoms with Crippen molar-refractivity contribution in [2.24, 2.45) is 0 Å². The molecule has 1 aromatic carbocycles. The van der Waals surface area contributed by atoms with Crippen LogP contribution in [0, 0.1) is 10.1 Å². The average molecular weight is 434 g/mol. The summed E-state index contributed by atoms with van der Waals surface area (Å²) in [5, 5.41) is 23.4. The minimum Gasteiger partial charge on any atom is -0.465 e. The Morgan fingerprint density at radius 2 is 1.93 bits per heavy atom. The Morgan fingerprint density at radius 1 is 1.25 bits per heavy atom. The lowest BCUT2D eigenvalue weighted by Gasteiger charge is -2.44. The largest absolute Gasteiger partial charge is 0.465 e. The van der Waals surface area contributed by atoms with Crippen LogP contribution < -0.4 is 5.32 Å². The van der Waals surface area contributed by atoms with Crippen molar-refractivity contribution in [1.29, 1.82) is 0 Å². The Kier molecular flexibility index (Phi) is 6.05. The molecule has 154 valence electrons. The van der Waals surface area contributed by atoms with Crippen LogP contribution in [-0.4, -0.2) is 90.6 Å². The molecular weight excluding hydrogens is 414 g/mol. The van der Waals surface area contributed by atoms with Crippen molar-refractivity contribution in [2.75, 3.05) is 45.8 Å².